The molecule has 118 valence electrons. The minimum atomic E-state index is -4.98. The molecule has 0 aliphatic carbocycles. The minimum absolute atomic E-state index is 0.223. The zero-order valence-electron chi connectivity index (χ0n) is 12.3. The van der Waals surface area contributed by atoms with E-state index in [4.69, 9.17) is 0 Å². The van der Waals surface area contributed by atoms with Crippen LogP contribution in [0.15, 0.2) is 24.3 Å². The number of aryl methyl sites for hydroxylation is 1. The molecule has 0 fully saturated rings. The number of hydrogen-bond donors (Lipinski definition) is 2. The third kappa shape index (κ3) is 3.97. The standard InChI is InChI=1S/C15H20F3NO2/c1-4-14(21,5-2)12(19-13(20)15(16,17)18)11-9-7-6-8-10(11)3/h6-9,12,21H,4-5H2,1-3H3,(H,19,20). The Bertz CT molecular complexity index is 496. The van der Waals surface area contributed by atoms with E-state index in [2.05, 4.69) is 0 Å². The number of nitrogens with one attached hydrogen (secondary N) is 1. The second-order valence-electron chi connectivity index (χ2n) is 5.07. The second kappa shape index (κ2) is 6.47. The number of carbonyl (C=O) groups is 1. The van der Waals surface area contributed by atoms with Crippen LogP contribution in [-0.4, -0.2) is 22.8 Å². The molecule has 0 spiro atoms. The number of rotatable bonds is 5. The molecule has 0 saturated heterocycles. The van der Waals surface area contributed by atoms with Crippen LogP contribution in [-0.2, 0) is 4.79 Å². The van der Waals surface area contributed by atoms with E-state index >= 15 is 0 Å². The van der Waals surface area contributed by atoms with Gasteiger partial charge in [0.2, 0.25) is 0 Å². The lowest BCUT2D eigenvalue weighted by Gasteiger charge is -2.36. The molecule has 1 aromatic carbocycles. The SMILES string of the molecule is CCC(O)(CC)C(NC(=O)C(F)(F)F)c1ccccc1C. The van der Waals surface area contributed by atoms with Crippen molar-refractivity contribution in [1.29, 1.82) is 0 Å². The summed E-state index contributed by atoms with van der Waals surface area (Å²) in [5.74, 6) is -2.05. The maximum Gasteiger partial charge on any atom is 0.471 e. The quantitative estimate of drug-likeness (QED) is 0.877. The van der Waals surface area contributed by atoms with Gasteiger partial charge in [0.15, 0.2) is 0 Å². The molecule has 3 nitrogen and oxygen atoms in total. The van der Waals surface area contributed by atoms with Crippen molar-refractivity contribution in [3.63, 3.8) is 0 Å². The molecule has 0 aromatic heterocycles. The molecule has 0 saturated carbocycles. The van der Waals surface area contributed by atoms with Crippen molar-refractivity contribution in [2.24, 2.45) is 0 Å². The van der Waals surface area contributed by atoms with Gasteiger partial charge in [-0.15, -0.1) is 0 Å². The van der Waals surface area contributed by atoms with Gasteiger partial charge >= 0.3 is 12.1 Å². The van der Waals surface area contributed by atoms with E-state index in [1.165, 1.54) is 0 Å². The van der Waals surface area contributed by atoms with Crippen LogP contribution in [0.25, 0.3) is 0 Å². The molecule has 0 radical (unpaired) electrons. The molecule has 6 heteroatoms. The van der Waals surface area contributed by atoms with Crippen molar-refractivity contribution in [3.8, 4) is 0 Å². The van der Waals surface area contributed by atoms with Crippen molar-refractivity contribution in [2.45, 2.75) is 51.4 Å². The Morgan fingerprint density at radius 3 is 2.19 bits per heavy atom. The lowest BCUT2D eigenvalue weighted by Crippen LogP contribution is -2.49. The normalized spacial score (nSPS) is 13.9. The lowest BCUT2D eigenvalue weighted by molar-refractivity contribution is -0.176. The molecule has 1 rings (SSSR count). The number of halogens is 3. The van der Waals surface area contributed by atoms with Gasteiger partial charge < -0.3 is 10.4 Å². The Morgan fingerprint density at radius 1 is 1.24 bits per heavy atom. The fourth-order valence-electron chi connectivity index (χ4n) is 2.28. The predicted octanol–water partition coefficient (Wildman–Crippen LogP) is 3.27. The first-order valence-corrected chi connectivity index (χ1v) is 6.81. The molecule has 0 heterocycles. The smallest absolute Gasteiger partial charge is 0.387 e. The largest absolute Gasteiger partial charge is 0.471 e. The molecule has 2 N–H and O–H groups in total. The predicted molar refractivity (Wildman–Crippen MR) is 73.6 cm³/mol. The summed E-state index contributed by atoms with van der Waals surface area (Å²) >= 11 is 0. The first kappa shape index (κ1) is 17.5. The molecular weight excluding hydrogens is 283 g/mol. The number of alkyl halides is 3. The molecular formula is C15H20F3NO2. The number of hydrogen-bond acceptors (Lipinski definition) is 2. The van der Waals surface area contributed by atoms with Crippen LogP contribution >= 0.6 is 0 Å². The van der Waals surface area contributed by atoms with Crippen molar-refractivity contribution in [2.75, 3.05) is 0 Å². The van der Waals surface area contributed by atoms with Gasteiger partial charge in [-0.05, 0) is 30.9 Å². The Hall–Kier alpha value is -1.56. The van der Waals surface area contributed by atoms with Crippen LogP contribution < -0.4 is 5.32 Å². The zero-order valence-corrected chi connectivity index (χ0v) is 12.3. The first-order valence-electron chi connectivity index (χ1n) is 6.81. The van der Waals surface area contributed by atoms with Gasteiger partial charge in [0.05, 0.1) is 11.6 Å². The molecule has 1 amide bonds. The molecule has 0 aliphatic heterocycles. The number of carbonyl (C=O) groups excluding carboxylic acids is 1. The average Bonchev–Trinajstić information content (AvgIpc) is 2.43. The Balaban J connectivity index is 3.25. The van der Waals surface area contributed by atoms with E-state index in [9.17, 15) is 23.1 Å². The summed E-state index contributed by atoms with van der Waals surface area (Å²) in [6.07, 6.45) is -4.54. The summed E-state index contributed by atoms with van der Waals surface area (Å²) in [5, 5.41) is 12.5. The van der Waals surface area contributed by atoms with E-state index in [1.807, 2.05) is 5.32 Å². The molecule has 21 heavy (non-hydrogen) atoms. The second-order valence-corrected chi connectivity index (χ2v) is 5.07. The van der Waals surface area contributed by atoms with E-state index in [0.29, 0.717) is 11.1 Å². The molecule has 1 atom stereocenters. The van der Waals surface area contributed by atoms with Crippen molar-refractivity contribution in [1.82, 2.24) is 5.32 Å². The van der Waals surface area contributed by atoms with Gasteiger partial charge in [0, 0.05) is 0 Å². The van der Waals surface area contributed by atoms with Crippen LogP contribution in [0.5, 0.6) is 0 Å². The van der Waals surface area contributed by atoms with Gasteiger partial charge in [0.1, 0.15) is 0 Å². The lowest BCUT2D eigenvalue weighted by atomic mass is 9.82. The average molecular weight is 303 g/mol. The van der Waals surface area contributed by atoms with E-state index < -0.39 is 23.7 Å². The van der Waals surface area contributed by atoms with Crippen molar-refractivity contribution >= 4 is 5.91 Å². The summed E-state index contributed by atoms with van der Waals surface area (Å²) in [6, 6.07) is 5.66. The topological polar surface area (TPSA) is 49.3 Å². The van der Waals surface area contributed by atoms with Gasteiger partial charge in [0.25, 0.3) is 0 Å². The number of aliphatic hydroxyl groups is 1. The monoisotopic (exact) mass is 303 g/mol. The highest BCUT2D eigenvalue weighted by Gasteiger charge is 2.44. The van der Waals surface area contributed by atoms with Crippen LogP contribution in [0, 0.1) is 6.92 Å². The van der Waals surface area contributed by atoms with Crippen LogP contribution in [0.4, 0.5) is 13.2 Å². The molecule has 1 aromatic rings. The Labute approximate surface area is 122 Å². The highest BCUT2D eigenvalue weighted by Crippen LogP contribution is 2.34. The molecule has 1 unspecified atom stereocenters. The number of benzene rings is 1. The summed E-state index contributed by atoms with van der Waals surface area (Å²) < 4.78 is 37.6. The highest BCUT2D eigenvalue weighted by atomic mass is 19.4. The number of amides is 1. The first-order chi connectivity index (χ1) is 9.65. The Kier molecular flexibility index (Phi) is 5.39. The van der Waals surface area contributed by atoms with Gasteiger partial charge in [-0.25, -0.2) is 0 Å². The van der Waals surface area contributed by atoms with Gasteiger partial charge in [-0.1, -0.05) is 38.1 Å². The summed E-state index contributed by atoms with van der Waals surface area (Å²) in [4.78, 5) is 11.3. The minimum Gasteiger partial charge on any atom is -0.387 e. The van der Waals surface area contributed by atoms with Crippen molar-refractivity contribution in [3.05, 3.63) is 35.4 Å². The third-order valence-electron chi connectivity index (χ3n) is 3.79. The fraction of sp³-hybridized carbons (Fsp3) is 0.533. The van der Waals surface area contributed by atoms with E-state index in [1.54, 1.807) is 45.0 Å². The summed E-state index contributed by atoms with van der Waals surface area (Å²) in [7, 11) is 0. The Morgan fingerprint density at radius 2 is 1.76 bits per heavy atom. The maximum absolute atomic E-state index is 12.5. The van der Waals surface area contributed by atoms with Gasteiger partial charge in [-0.3, -0.25) is 4.79 Å². The van der Waals surface area contributed by atoms with Gasteiger partial charge in [-0.2, -0.15) is 13.2 Å². The summed E-state index contributed by atoms with van der Waals surface area (Å²) in [6.45, 7) is 5.08. The molecule has 0 bridgehead atoms. The highest BCUT2D eigenvalue weighted by molar-refractivity contribution is 5.82. The van der Waals surface area contributed by atoms with E-state index in [-0.39, 0.29) is 12.8 Å². The van der Waals surface area contributed by atoms with E-state index in [0.717, 1.165) is 0 Å². The summed E-state index contributed by atoms with van der Waals surface area (Å²) in [5.41, 5.74) is -0.237. The molecule has 0 aliphatic rings. The van der Waals surface area contributed by atoms with Crippen LogP contribution in [0.3, 0.4) is 0 Å². The van der Waals surface area contributed by atoms with Crippen LogP contribution in [0.2, 0.25) is 0 Å². The third-order valence-corrected chi connectivity index (χ3v) is 3.79. The van der Waals surface area contributed by atoms with Crippen molar-refractivity contribution < 1.29 is 23.1 Å². The maximum atomic E-state index is 12.5. The van der Waals surface area contributed by atoms with Crippen LogP contribution in [0.1, 0.15) is 43.9 Å². The zero-order chi connectivity index (χ0) is 16.3. The fourth-order valence-corrected chi connectivity index (χ4v) is 2.28.